The van der Waals surface area contributed by atoms with Gasteiger partial charge in [0.2, 0.25) is 0 Å². The van der Waals surface area contributed by atoms with Crippen LogP contribution >= 0.6 is 22.9 Å². The van der Waals surface area contributed by atoms with Gasteiger partial charge in [-0.2, -0.15) is 8.78 Å². The van der Waals surface area contributed by atoms with Gasteiger partial charge in [-0.15, -0.1) is 22.9 Å². The van der Waals surface area contributed by atoms with E-state index in [-0.39, 0.29) is 17.5 Å². The van der Waals surface area contributed by atoms with Gasteiger partial charge in [0.05, 0.1) is 11.6 Å². The van der Waals surface area contributed by atoms with Gasteiger partial charge >= 0.3 is 6.61 Å². The average Bonchev–Trinajstić information content (AvgIpc) is 2.86. The standard InChI is InChI=1S/C12H9ClF2N2O2S/c13-5-8-6-20-12(16-8)17-10(18)7-1-3-9(4-2-7)19-11(14)15/h1-4,6,11H,5H2,(H,16,17,18). The van der Waals surface area contributed by atoms with Crippen LogP contribution in [0.2, 0.25) is 0 Å². The molecular weight excluding hydrogens is 310 g/mol. The number of nitrogens with zero attached hydrogens (tertiary/aromatic N) is 1. The molecule has 0 spiro atoms. The smallest absolute Gasteiger partial charge is 0.387 e. The van der Waals surface area contributed by atoms with Crippen molar-refractivity contribution >= 4 is 34.0 Å². The topological polar surface area (TPSA) is 51.2 Å². The molecule has 0 aliphatic heterocycles. The first-order valence-corrected chi connectivity index (χ1v) is 6.86. The lowest BCUT2D eigenvalue weighted by atomic mass is 10.2. The SMILES string of the molecule is O=C(Nc1nc(CCl)cs1)c1ccc(OC(F)F)cc1. The van der Waals surface area contributed by atoms with Gasteiger partial charge in [-0.1, -0.05) is 0 Å². The minimum atomic E-state index is -2.89. The number of alkyl halides is 3. The van der Waals surface area contributed by atoms with Crippen molar-refractivity contribution in [1.29, 1.82) is 0 Å². The summed E-state index contributed by atoms with van der Waals surface area (Å²) < 4.78 is 28.2. The van der Waals surface area contributed by atoms with Crippen molar-refractivity contribution in [3.05, 3.63) is 40.9 Å². The molecule has 0 radical (unpaired) electrons. The Labute approximate surface area is 122 Å². The molecule has 1 amide bonds. The summed E-state index contributed by atoms with van der Waals surface area (Å²) in [6, 6.07) is 5.38. The number of anilines is 1. The zero-order chi connectivity index (χ0) is 14.5. The molecule has 0 bridgehead atoms. The van der Waals surface area contributed by atoms with Gasteiger partial charge in [0.25, 0.3) is 5.91 Å². The lowest BCUT2D eigenvalue weighted by molar-refractivity contribution is -0.0498. The molecule has 1 aromatic heterocycles. The number of benzene rings is 1. The Morgan fingerprint density at radius 3 is 2.65 bits per heavy atom. The van der Waals surface area contributed by atoms with E-state index in [0.29, 0.717) is 16.4 Å². The molecule has 1 heterocycles. The van der Waals surface area contributed by atoms with E-state index in [1.54, 1.807) is 5.38 Å². The van der Waals surface area contributed by atoms with Gasteiger partial charge in [-0.25, -0.2) is 4.98 Å². The van der Waals surface area contributed by atoms with Gasteiger partial charge in [-0.05, 0) is 24.3 Å². The zero-order valence-electron chi connectivity index (χ0n) is 9.98. The van der Waals surface area contributed by atoms with Crippen LogP contribution in [0.3, 0.4) is 0 Å². The molecule has 0 saturated carbocycles. The van der Waals surface area contributed by atoms with E-state index in [9.17, 15) is 13.6 Å². The quantitative estimate of drug-likeness (QED) is 0.854. The molecule has 0 saturated heterocycles. The number of hydrogen-bond donors (Lipinski definition) is 1. The second-order valence-corrected chi connectivity index (χ2v) is 4.76. The van der Waals surface area contributed by atoms with E-state index in [4.69, 9.17) is 11.6 Å². The number of hydrogen-bond acceptors (Lipinski definition) is 4. The summed E-state index contributed by atoms with van der Waals surface area (Å²) >= 11 is 6.87. The molecule has 0 fully saturated rings. The summed E-state index contributed by atoms with van der Waals surface area (Å²) in [6.45, 7) is -2.89. The van der Waals surface area contributed by atoms with Crippen LogP contribution in [0.5, 0.6) is 5.75 Å². The van der Waals surface area contributed by atoms with Crippen molar-refractivity contribution in [3.63, 3.8) is 0 Å². The van der Waals surface area contributed by atoms with Crippen LogP contribution in [0.1, 0.15) is 16.1 Å². The van der Waals surface area contributed by atoms with Crippen LogP contribution in [-0.4, -0.2) is 17.5 Å². The van der Waals surface area contributed by atoms with Crippen molar-refractivity contribution in [2.75, 3.05) is 5.32 Å². The maximum atomic E-state index is 12.0. The van der Waals surface area contributed by atoms with Crippen LogP contribution < -0.4 is 10.1 Å². The van der Waals surface area contributed by atoms with Crippen molar-refractivity contribution in [2.24, 2.45) is 0 Å². The monoisotopic (exact) mass is 318 g/mol. The van der Waals surface area contributed by atoms with Gasteiger partial charge in [0, 0.05) is 10.9 Å². The van der Waals surface area contributed by atoms with Crippen LogP contribution in [0.15, 0.2) is 29.6 Å². The molecular formula is C12H9ClF2N2O2S. The predicted molar refractivity (Wildman–Crippen MR) is 72.7 cm³/mol. The fourth-order valence-electron chi connectivity index (χ4n) is 1.38. The highest BCUT2D eigenvalue weighted by Gasteiger charge is 2.10. The number of aromatic nitrogens is 1. The molecule has 8 heteroatoms. The predicted octanol–water partition coefficient (Wildman–Crippen LogP) is 3.74. The number of nitrogens with one attached hydrogen (secondary N) is 1. The summed E-state index contributed by atoms with van der Waals surface area (Å²) in [5, 5.41) is 4.76. The Hall–Kier alpha value is -1.73. The maximum Gasteiger partial charge on any atom is 0.387 e. The van der Waals surface area contributed by atoms with Crippen molar-refractivity contribution < 1.29 is 18.3 Å². The van der Waals surface area contributed by atoms with E-state index in [2.05, 4.69) is 15.0 Å². The van der Waals surface area contributed by atoms with Crippen LogP contribution in [0.4, 0.5) is 13.9 Å². The average molecular weight is 319 g/mol. The summed E-state index contributed by atoms with van der Waals surface area (Å²) in [5.41, 5.74) is 0.988. The first-order chi connectivity index (χ1) is 9.58. The van der Waals surface area contributed by atoms with Crippen molar-refractivity contribution in [2.45, 2.75) is 12.5 Å². The van der Waals surface area contributed by atoms with E-state index in [0.717, 1.165) is 0 Å². The minimum absolute atomic E-state index is 0.00442. The summed E-state index contributed by atoms with van der Waals surface area (Å²) in [6.07, 6.45) is 0. The molecule has 2 rings (SSSR count). The fraction of sp³-hybridized carbons (Fsp3) is 0.167. The Kier molecular flexibility index (Phi) is 4.86. The van der Waals surface area contributed by atoms with E-state index < -0.39 is 6.61 Å². The molecule has 106 valence electrons. The van der Waals surface area contributed by atoms with Gasteiger partial charge < -0.3 is 4.74 Å². The van der Waals surface area contributed by atoms with Crippen molar-refractivity contribution in [1.82, 2.24) is 4.98 Å². The fourth-order valence-corrected chi connectivity index (χ4v) is 2.32. The molecule has 0 aliphatic carbocycles. The van der Waals surface area contributed by atoms with E-state index >= 15 is 0 Å². The Balaban J connectivity index is 2.01. The highest BCUT2D eigenvalue weighted by molar-refractivity contribution is 7.14. The zero-order valence-corrected chi connectivity index (χ0v) is 11.5. The van der Waals surface area contributed by atoms with Gasteiger partial charge in [-0.3, -0.25) is 10.1 Å². The van der Waals surface area contributed by atoms with Crippen molar-refractivity contribution in [3.8, 4) is 5.75 Å². The summed E-state index contributed by atoms with van der Waals surface area (Å²) in [7, 11) is 0. The van der Waals surface area contributed by atoms with Gasteiger partial charge in [0.1, 0.15) is 5.75 Å². The molecule has 0 atom stereocenters. The number of carbonyl (C=O) groups is 1. The number of carbonyl (C=O) groups excluding carboxylic acids is 1. The van der Waals surface area contributed by atoms with E-state index in [1.807, 2.05) is 0 Å². The Bertz CT molecular complexity index is 589. The highest BCUT2D eigenvalue weighted by Crippen LogP contribution is 2.19. The molecule has 2 aromatic rings. The highest BCUT2D eigenvalue weighted by atomic mass is 35.5. The summed E-state index contributed by atoms with van der Waals surface area (Å²) in [5.74, 6) is -0.120. The second-order valence-electron chi connectivity index (χ2n) is 3.63. The lowest BCUT2D eigenvalue weighted by Gasteiger charge is -2.05. The number of halogens is 3. The number of ether oxygens (including phenoxy) is 1. The summed E-state index contributed by atoms with van der Waals surface area (Å²) in [4.78, 5) is 16.0. The third-order valence-corrected chi connectivity index (χ3v) is 3.33. The first kappa shape index (κ1) is 14.7. The lowest BCUT2D eigenvalue weighted by Crippen LogP contribution is -2.11. The van der Waals surface area contributed by atoms with Crippen LogP contribution in [0, 0.1) is 0 Å². The molecule has 1 N–H and O–H groups in total. The first-order valence-electron chi connectivity index (χ1n) is 5.45. The number of thiazole rings is 1. The third-order valence-electron chi connectivity index (χ3n) is 2.25. The Morgan fingerprint density at radius 2 is 2.10 bits per heavy atom. The third kappa shape index (κ3) is 3.88. The van der Waals surface area contributed by atoms with Crippen LogP contribution in [-0.2, 0) is 5.88 Å². The molecule has 4 nitrogen and oxygen atoms in total. The number of amides is 1. The largest absolute Gasteiger partial charge is 0.435 e. The maximum absolute atomic E-state index is 12.0. The Morgan fingerprint density at radius 1 is 1.40 bits per heavy atom. The molecule has 1 aromatic carbocycles. The molecule has 0 aliphatic rings. The van der Waals surface area contributed by atoms with E-state index in [1.165, 1.54) is 35.6 Å². The minimum Gasteiger partial charge on any atom is -0.435 e. The van der Waals surface area contributed by atoms with Gasteiger partial charge in [0.15, 0.2) is 5.13 Å². The molecule has 0 unspecified atom stereocenters. The number of rotatable bonds is 5. The molecule has 20 heavy (non-hydrogen) atoms. The van der Waals surface area contributed by atoms with Crippen LogP contribution in [0.25, 0.3) is 0 Å². The second kappa shape index (κ2) is 6.62. The normalized spacial score (nSPS) is 10.6.